The van der Waals surface area contributed by atoms with E-state index < -0.39 is 17.4 Å². The van der Waals surface area contributed by atoms with Gasteiger partial charge >= 0.3 is 5.69 Å². The average molecular weight is 394 g/mol. The first-order valence-electron chi connectivity index (χ1n) is 7.56. The molecule has 1 N–H and O–H groups in total. The number of nitro groups is 1. The summed E-state index contributed by atoms with van der Waals surface area (Å²) in [6, 6.07) is 8.97. The SMILES string of the molecule is COc1cc(/C=N\NC(=O)COc2ccccc2[N+](=O)[O-])cc(Cl)c1OC. The Bertz CT molecular complexity index is 872. The number of rotatable bonds is 8. The van der Waals surface area contributed by atoms with Crippen molar-refractivity contribution in [2.75, 3.05) is 20.8 Å². The molecule has 0 radical (unpaired) electrons. The lowest BCUT2D eigenvalue weighted by Gasteiger charge is -2.10. The van der Waals surface area contributed by atoms with Crippen LogP contribution < -0.4 is 19.6 Å². The zero-order valence-electron chi connectivity index (χ0n) is 14.5. The van der Waals surface area contributed by atoms with Gasteiger partial charge in [-0.2, -0.15) is 5.10 Å². The molecule has 2 aromatic carbocycles. The van der Waals surface area contributed by atoms with Gasteiger partial charge in [0.15, 0.2) is 23.9 Å². The third-order valence-corrected chi connectivity index (χ3v) is 3.56. The molecule has 0 unspecified atom stereocenters. The Hall–Kier alpha value is -3.33. The van der Waals surface area contributed by atoms with Crippen LogP contribution in [0.15, 0.2) is 41.5 Å². The fourth-order valence-corrected chi connectivity index (χ4v) is 2.39. The Morgan fingerprint density at radius 3 is 2.67 bits per heavy atom. The zero-order chi connectivity index (χ0) is 19.8. The Morgan fingerprint density at radius 1 is 1.26 bits per heavy atom. The monoisotopic (exact) mass is 393 g/mol. The van der Waals surface area contributed by atoms with Gasteiger partial charge in [-0.1, -0.05) is 23.7 Å². The second-order valence-corrected chi connectivity index (χ2v) is 5.45. The largest absolute Gasteiger partial charge is 0.493 e. The van der Waals surface area contributed by atoms with Crippen LogP contribution in [0.25, 0.3) is 0 Å². The van der Waals surface area contributed by atoms with Crippen molar-refractivity contribution in [3.8, 4) is 17.2 Å². The van der Waals surface area contributed by atoms with Crippen LogP contribution in [-0.2, 0) is 4.79 Å². The second-order valence-electron chi connectivity index (χ2n) is 5.04. The number of nitro benzene ring substituents is 1. The number of hydrazone groups is 1. The number of benzene rings is 2. The highest BCUT2D eigenvalue weighted by atomic mass is 35.5. The van der Waals surface area contributed by atoms with E-state index in [-0.39, 0.29) is 11.4 Å². The van der Waals surface area contributed by atoms with Crippen LogP contribution in [0.2, 0.25) is 5.02 Å². The van der Waals surface area contributed by atoms with Crippen molar-refractivity contribution < 1.29 is 23.9 Å². The van der Waals surface area contributed by atoms with Gasteiger partial charge in [0.2, 0.25) is 0 Å². The molecule has 0 saturated carbocycles. The van der Waals surface area contributed by atoms with Gasteiger partial charge in [0, 0.05) is 6.07 Å². The summed E-state index contributed by atoms with van der Waals surface area (Å²) < 4.78 is 15.5. The summed E-state index contributed by atoms with van der Waals surface area (Å²) in [4.78, 5) is 22.1. The number of ether oxygens (including phenoxy) is 3. The molecule has 0 bridgehead atoms. The van der Waals surface area contributed by atoms with E-state index in [4.69, 9.17) is 25.8 Å². The number of para-hydroxylation sites is 2. The summed E-state index contributed by atoms with van der Waals surface area (Å²) in [6.07, 6.45) is 1.36. The number of methoxy groups -OCH3 is 2. The summed E-state index contributed by atoms with van der Waals surface area (Å²) in [5, 5.41) is 15.0. The molecule has 142 valence electrons. The van der Waals surface area contributed by atoms with Crippen LogP contribution in [0.5, 0.6) is 17.2 Å². The topological polar surface area (TPSA) is 112 Å². The maximum absolute atomic E-state index is 11.8. The molecule has 10 heteroatoms. The molecule has 0 spiro atoms. The van der Waals surface area contributed by atoms with Crippen LogP contribution in [0.3, 0.4) is 0 Å². The molecule has 0 fully saturated rings. The lowest BCUT2D eigenvalue weighted by Crippen LogP contribution is -2.24. The van der Waals surface area contributed by atoms with E-state index in [9.17, 15) is 14.9 Å². The predicted molar refractivity (Wildman–Crippen MR) is 98.9 cm³/mol. The normalized spacial score (nSPS) is 10.5. The van der Waals surface area contributed by atoms with Gasteiger partial charge in [-0.3, -0.25) is 14.9 Å². The van der Waals surface area contributed by atoms with E-state index >= 15 is 0 Å². The average Bonchev–Trinajstić information content (AvgIpc) is 2.66. The highest BCUT2D eigenvalue weighted by Crippen LogP contribution is 2.35. The Balaban J connectivity index is 1.96. The van der Waals surface area contributed by atoms with Crippen molar-refractivity contribution in [3.63, 3.8) is 0 Å². The van der Waals surface area contributed by atoms with Gasteiger partial charge in [0.05, 0.1) is 30.4 Å². The van der Waals surface area contributed by atoms with Crippen molar-refractivity contribution in [3.05, 3.63) is 57.1 Å². The molecule has 0 aliphatic heterocycles. The highest BCUT2D eigenvalue weighted by molar-refractivity contribution is 6.32. The van der Waals surface area contributed by atoms with Crippen molar-refractivity contribution in [1.29, 1.82) is 0 Å². The maximum atomic E-state index is 11.8. The first kappa shape index (κ1) is 20.0. The van der Waals surface area contributed by atoms with Crippen molar-refractivity contribution in [1.82, 2.24) is 5.43 Å². The van der Waals surface area contributed by atoms with Gasteiger partial charge in [0.25, 0.3) is 5.91 Å². The van der Waals surface area contributed by atoms with Crippen molar-refractivity contribution >= 4 is 29.4 Å². The van der Waals surface area contributed by atoms with E-state index in [1.807, 2.05) is 0 Å². The minimum Gasteiger partial charge on any atom is -0.493 e. The summed E-state index contributed by atoms with van der Waals surface area (Å²) in [6.45, 7) is -0.436. The van der Waals surface area contributed by atoms with E-state index in [0.29, 0.717) is 22.1 Å². The van der Waals surface area contributed by atoms with E-state index in [1.165, 1.54) is 38.6 Å². The second kappa shape index (κ2) is 9.39. The quantitative estimate of drug-likeness (QED) is 0.419. The number of nitrogens with one attached hydrogen (secondary N) is 1. The molecule has 0 aliphatic carbocycles. The third-order valence-electron chi connectivity index (χ3n) is 3.28. The van der Waals surface area contributed by atoms with Crippen molar-refractivity contribution in [2.24, 2.45) is 5.10 Å². The molecule has 27 heavy (non-hydrogen) atoms. The number of halogens is 1. The molecule has 0 atom stereocenters. The number of amides is 1. The Labute approximate surface area is 159 Å². The molecule has 0 saturated heterocycles. The Kier molecular flexibility index (Phi) is 6.95. The number of carbonyl (C=O) groups excluding carboxylic acids is 1. The summed E-state index contributed by atoms with van der Waals surface area (Å²) >= 11 is 6.08. The first-order valence-corrected chi connectivity index (χ1v) is 7.93. The fraction of sp³-hybridized carbons (Fsp3) is 0.176. The fourth-order valence-electron chi connectivity index (χ4n) is 2.10. The zero-order valence-corrected chi connectivity index (χ0v) is 15.2. The number of hydrogen-bond acceptors (Lipinski definition) is 7. The van der Waals surface area contributed by atoms with Crippen LogP contribution >= 0.6 is 11.6 Å². The predicted octanol–water partition coefficient (Wildman–Crippen LogP) is 2.79. The molecular weight excluding hydrogens is 378 g/mol. The van der Waals surface area contributed by atoms with Crippen LogP contribution in [-0.4, -0.2) is 37.9 Å². The summed E-state index contributed by atoms with van der Waals surface area (Å²) in [5.41, 5.74) is 2.60. The van der Waals surface area contributed by atoms with Crippen LogP contribution in [0.1, 0.15) is 5.56 Å². The molecular formula is C17H16ClN3O6. The minimum absolute atomic E-state index is 0.00620. The maximum Gasteiger partial charge on any atom is 0.310 e. The smallest absolute Gasteiger partial charge is 0.310 e. The molecule has 2 aromatic rings. The third kappa shape index (κ3) is 5.32. The van der Waals surface area contributed by atoms with Gasteiger partial charge in [-0.25, -0.2) is 5.43 Å². The van der Waals surface area contributed by atoms with E-state index in [2.05, 4.69) is 10.5 Å². The molecule has 9 nitrogen and oxygen atoms in total. The van der Waals surface area contributed by atoms with Crippen LogP contribution in [0, 0.1) is 10.1 Å². The van der Waals surface area contributed by atoms with E-state index in [0.717, 1.165) is 0 Å². The standard InChI is InChI=1S/C17H16ClN3O6/c1-25-15-8-11(7-12(18)17(15)26-2)9-19-20-16(22)10-27-14-6-4-3-5-13(14)21(23)24/h3-9H,10H2,1-2H3,(H,20,22)/b19-9-. The van der Waals surface area contributed by atoms with Gasteiger partial charge in [-0.05, 0) is 23.8 Å². The molecule has 2 rings (SSSR count). The van der Waals surface area contributed by atoms with Crippen molar-refractivity contribution in [2.45, 2.75) is 0 Å². The first-order chi connectivity index (χ1) is 13.0. The lowest BCUT2D eigenvalue weighted by atomic mass is 10.2. The molecule has 1 amide bonds. The van der Waals surface area contributed by atoms with Gasteiger partial charge < -0.3 is 14.2 Å². The Morgan fingerprint density at radius 2 is 2.00 bits per heavy atom. The van der Waals surface area contributed by atoms with Gasteiger partial charge in [-0.15, -0.1) is 0 Å². The molecule has 0 aromatic heterocycles. The molecule has 0 aliphatic rings. The van der Waals surface area contributed by atoms with Crippen LogP contribution in [0.4, 0.5) is 5.69 Å². The number of hydrogen-bond donors (Lipinski definition) is 1. The van der Waals surface area contributed by atoms with Gasteiger partial charge in [0.1, 0.15) is 0 Å². The summed E-state index contributed by atoms with van der Waals surface area (Å²) in [5.74, 6) is 0.208. The summed E-state index contributed by atoms with van der Waals surface area (Å²) in [7, 11) is 2.94. The number of carbonyl (C=O) groups is 1. The van der Waals surface area contributed by atoms with E-state index in [1.54, 1.807) is 18.2 Å². The lowest BCUT2D eigenvalue weighted by molar-refractivity contribution is -0.385. The highest BCUT2D eigenvalue weighted by Gasteiger charge is 2.14. The molecule has 0 heterocycles. The minimum atomic E-state index is -0.591. The number of nitrogens with zero attached hydrogens (tertiary/aromatic N) is 2.